The summed E-state index contributed by atoms with van der Waals surface area (Å²) < 4.78 is 46.5. The highest BCUT2D eigenvalue weighted by Crippen LogP contribution is 2.32. The summed E-state index contributed by atoms with van der Waals surface area (Å²) >= 11 is 0. The Hall–Kier alpha value is -4.27. The number of rotatable bonds is 5. The van der Waals surface area contributed by atoms with Crippen molar-refractivity contribution in [2.24, 2.45) is 0 Å². The van der Waals surface area contributed by atoms with Gasteiger partial charge in [0.15, 0.2) is 0 Å². The number of carbonyl (C=O) groups is 1. The summed E-state index contributed by atoms with van der Waals surface area (Å²) in [5.41, 5.74) is 3.54. The number of piperazine rings is 1. The van der Waals surface area contributed by atoms with Crippen LogP contribution in [0.25, 0.3) is 16.9 Å². The molecule has 1 aliphatic rings. The molecule has 0 spiro atoms. The molecule has 1 amide bonds. The Labute approximate surface area is 218 Å². The molecule has 0 bridgehead atoms. The van der Waals surface area contributed by atoms with Crippen LogP contribution < -0.4 is 9.64 Å². The van der Waals surface area contributed by atoms with E-state index in [0.29, 0.717) is 49.0 Å². The highest BCUT2D eigenvalue weighted by molar-refractivity contribution is 5.94. The van der Waals surface area contributed by atoms with Gasteiger partial charge >= 0.3 is 6.18 Å². The lowest BCUT2D eigenvalue weighted by Gasteiger charge is -2.36. The third kappa shape index (κ3) is 5.22. The van der Waals surface area contributed by atoms with Gasteiger partial charge in [0, 0.05) is 37.4 Å². The zero-order valence-corrected chi connectivity index (χ0v) is 21.1. The van der Waals surface area contributed by atoms with E-state index in [1.165, 1.54) is 6.07 Å². The van der Waals surface area contributed by atoms with Crippen LogP contribution in [-0.2, 0) is 6.18 Å². The van der Waals surface area contributed by atoms with Crippen molar-refractivity contribution in [2.75, 3.05) is 38.2 Å². The van der Waals surface area contributed by atoms with E-state index < -0.39 is 11.7 Å². The largest absolute Gasteiger partial charge is 0.497 e. The maximum absolute atomic E-state index is 13.7. The highest BCUT2D eigenvalue weighted by atomic mass is 19.4. The molecule has 1 aliphatic heterocycles. The molecule has 0 unspecified atom stereocenters. The predicted octanol–water partition coefficient (Wildman–Crippen LogP) is 5.84. The zero-order valence-electron chi connectivity index (χ0n) is 21.1. The van der Waals surface area contributed by atoms with Gasteiger partial charge in [-0.05, 0) is 55.5 Å². The van der Waals surface area contributed by atoms with Crippen LogP contribution in [0.3, 0.4) is 0 Å². The first kappa shape index (κ1) is 25.4. The molecule has 9 heteroatoms. The Balaban J connectivity index is 1.41. The van der Waals surface area contributed by atoms with Crippen LogP contribution in [0, 0.1) is 6.92 Å². The first-order valence-electron chi connectivity index (χ1n) is 12.3. The van der Waals surface area contributed by atoms with Gasteiger partial charge in [-0.3, -0.25) is 4.79 Å². The number of anilines is 1. The highest BCUT2D eigenvalue weighted by Gasteiger charge is 2.32. The average molecular weight is 521 g/mol. The molecule has 3 aromatic carbocycles. The van der Waals surface area contributed by atoms with Gasteiger partial charge in [-0.1, -0.05) is 35.9 Å². The number of hydrogen-bond acceptors (Lipinski definition) is 4. The molecular formula is C29H27F3N4O2. The van der Waals surface area contributed by atoms with Gasteiger partial charge in [0.25, 0.3) is 5.91 Å². The van der Waals surface area contributed by atoms with Crippen molar-refractivity contribution in [1.29, 1.82) is 0 Å². The summed E-state index contributed by atoms with van der Waals surface area (Å²) in [6.45, 7) is 3.60. The van der Waals surface area contributed by atoms with Crippen molar-refractivity contribution in [3.8, 4) is 22.7 Å². The minimum absolute atomic E-state index is 0.184. The third-order valence-corrected chi connectivity index (χ3v) is 6.68. The van der Waals surface area contributed by atoms with Gasteiger partial charge < -0.3 is 14.5 Å². The molecule has 6 nitrogen and oxygen atoms in total. The van der Waals surface area contributed by atoms with E-state index >= 15 is 0 Å². The first-order chi connectivity index (χ1) is 18.2. The van der Waals surface area contributed by atoms with Gasteiger partial charge in [-0.15, -0.1) is 0 Å². The molecule has 0 N–H and O–H groups in total. The monoisotopic (exact) mass is 520 g/mol. The van der Waals surface area contributed by atoms with Crippen LogP contribution in [0.15, 0.2) is 78.9 Å². The van der Waals surface area contributed by atoms with Crippen molar-refractivity contribution in [2.45, 2.75) is 13.1 Å². The molecule has 196 valence electrons. The number of nitrogens with zero attached hydrogens (tertiary/aromatic N) is 4. The number of aromatic nitrogens is 2. The van der Waals surface area contributed by atoms with Gasteiger partial charge in [-0.2, -0.15) is 18.3 Å². The molecule has 2 heterocycles. The normalized spacial score (nSPS) is 14.0. The van der Waals surface area contributed by atoms with Gasteiger partial charge in [0.2, 0.25) is 0 Å². The van der Waals surface area contributed by atoms with Gasteiger partial charge in [0.05, 0.1) is 24.1 Å². The minimum Gasteiger partial charge on any atom is -0.497 e. The number of aryl methyl sites for hydroxylation is 1. The first-order valence-corrected chi connectivity index (χ1v) is 12.3. The van der Waals surface area contributed by atoms with Gasteiger partial charge in [0.1, 0.15) is 11.4 Å². The molecule has 1 saturated heterocycles. The van der Waals surface area contributed by atoms with Crippen LogP contribution in [0.1, 0.15) is 21.6 Å². The predicted molar refractivity (Wildman–Crippen MR) is 140 cm³/mol. The lowest BCUT2D eigenvalue weighted by atomic mass is 10.1. The maximum atomic E-state index is 13.7. The van der Waals surface area contributed by atoms with E-state index in [0.717, 1.165) is 28.9 Å². The van der Waals surface area contributed by atoms with E-state index in [4.69, 9.17) is 9.84 Å². The topological polar surface area (TPSA) is 50.6 Å². The smallest absolute Gasteiger partial charge is 0.416 e. The Morgan fingerprint density at radius 3 is 2.26 bits per heavy atom. The van der Waals surface area contributed by atoms with Gasteiger partial charge in [-0.25, -0.2) is 4.68 Å². The summed E-state index contributed by atoms with van der Waals surface area (Å²) in [4.78, 5) is 17.3. The molecule has 1 aromatic heterocycles. The summed E-state index contributed by atoms with van der Waals surface area (Å²) in [5, 5.41) is 4.76. The number of halogens is 3. The second kappa shape index (κ2) is 10.2. The maximum Gasteiger partial charge on any atom is 0.416 e. The van der Waals surface area contributed by atoms with Crippen molar-refractivity contribution < 1.29 is 22.7 Å². The molecule has 0 aliphatic carbocycles. The van der Waals surface area contributed by atoms with Crippen LogP contribution in [0.5, 0.6) is 5.75 Å². The summed E-state index contributed by atoms with van der Waals surface area (Å²) in [6.07, 6.45) is -4.40. The molecular weight excluding hydrogens is 493 g/mol. The molecule has 5 rings (SSSR count). The zero-order chi connectivity index (χ0) is 26.9. The minimum atomic E-state index is -4.40. The molecule has 0 radical (unpaired) electrons. The number of amides is 1. The standard InChI is InChI=1S/C29H27F3N4O2/c1-20-9-11-23(12-10-20)36-27(19-26(33-36)21-5-3-8-25(17-21)38-2)28(37)35-15-13-34(14-16-35)24-7-4-6-22(18-24)29(30,31)32/h3-12,17-19H,13-16H2,1-2H3. The van der Waals surface area contributed by atoms with E-state index in [9.17, 15) is 18.0 Å². The lowest BCUT2D eigenvalue weighted by molar-refractivity contribution is -0.137. The number of methoxy groups -OCH3 is 1. The van der Waals surface area contributed by atoms with Crippen molar-refractivity contribution >= 4 is 11.6 Å². The van der Waals surface area contributed by atoms with Crippen LogP contribution in [0.2, 0.25) is 0 Å². The third-order valence-electron chi connectivity index (χ3n) is 6.68. The molecule has 1 fully saturated rings. The van der Waals surface area contributed by atoms with E-state index in [-0.39, 0.29) is 5.91 Å². The number of alkyl halides is 3. The average Bonchev–Trinajstić information content (AvgIpc) is 3.38. The second-order valence-corrected chi connectivity index (χ2v) is 9.22. The van der Waals surface area contributed by atoms with Crippen molar-refractivity contribution in [1.82, 2.24) is 14.7 Å². The Morgan fingerprint density at radius 2 is 1.58 bits per heavy atom. The molecule has 4 aromatic rings. The quantitative estimate of drug-likeness (QED) is 0.332. The van der Waals surface area contributed by atoms with E-state index in [2.05, 4.69) is 0 Å². The fourth-order valence-corrected chi connectivity index (χ4v) is 4.55. The number of benzene rings is 3. The Bertz CT molecular complexity index is 1440. The fourth-order valence-electron chi connectivity index (χ4n) is 4.55. The SMILES string of the molecule is COc1cccc(-c2cc(C(=O)N3CCN(c4cccc(C(F)(F)F)c4)CC3)n(-c3ccc(C)cc3)n2)c1. The van der Waals surface area contributed by atoms with Crippen molar-refractivity contribution in [3.63, 3.8) is 0 Å². The summed E-state index contributed by atoms with van der Waals surface area (Å²) in [5.74, 6) is 0.502. The van der Waals surface area contributed by atoms with E-state index in [1.54, 1.807) is 28.8 Å². The van der Waals surface area contributed by atoms with Crippen LogP contribution >= 0.6 is 0 Å². The lowest BCUT2D eigenvalue weighted by Crippen LogP contribution is -2.49. The number of hydrogen-bond donors (Lipinski definition) is 0. The fraction of sp³-hybridized carbons (Fsp3) is 0.241. The van der Waals surface area contributed by atoms with E-state index in [1.807, 2.05) is 60.4 Å². The Kier molecular flexibility index (Phi) is 6.84. The number of ether oxygens (including phenoxy) is 1. The Morgan fingerprint density at radius 1 is 0.868 bits per heavy atom. The van der Waals surface area contributed by atoms with Crippen LogP contribution in [-0.4, -0.2) is 53.9 Å². The number of carbonyl (C=O) groups excluding carboxylic acids is 1. The summed E-state index contributed by atoms with van der Waals surface area (Å²) in [7, 11) is 1.60. The van der Waals surface area contributed by atoms with Crippen LogP contribution in [0.4, 0.5) is 18.9 Å². The van der Waals surface area contributed by atoms with Crippen molar-refractivity contribution in [3.05, 3.63) is 95.7 Å². The summed E-state index contributed by atoms with van der Waals surface area (Å²) in [6, 6.07) is 22.3. The molecule has 0 saturated carbocycles. The second-order valence-electron chi connectivity index (χ2n) is 9.22. The molecule has 38 heavy (non-hydrogen) atoms. The molecule has 0 atom stereocenters.